The van der Waals surface area contributed by atoms with Gasteiger partial charge >= 0.3 is 0 Å². The number of hydrogen-bond acceptors (Lipinski definition) is 2. The molecule has 0 N–H and O–H groups in total. The van der Waals surface area contributed by atoms with Gasteiger partial charge in [0, 0.05) is 10.9 Å². The molecule has 0 bridgehead atoms. The third-order valence-corrected chi connectivity index (χ3v) is 3.76. The van der Waals surface area contributed by atoms with Gasteiger partial charge in [-0.05, 0) is 19.2 Å². The van der Waals surface area contributed by atoms with Gasteiger partial charge in [-0.15, -0.1) is 0 Å². The molecule has 17 heavy (non-hydrogen) atoms. The molecule has 0 saturated carbocycles. The van der Waals surface area contributed by atoms with Gasteiger partial charge in [-0.2, -0.15) is 0 Å². The molecular weight excluding hydrogens is 212 g/mol. The van der Waals surface area contributed by atoms with Gasteiger partial charge < -0.3 is 9.47 Å². The number of rotatable bonds is 0. The van der Waals surface area contributed by atoms with E-state index in [9.17, 15) is 0 Å². The third-order valence-electron chi connectivity index (χ3n) is 3.76. The van der Waals surface area contributed by atoms with Crippen molar-refractivity contribution >= 4 is 10.8 Å². The molecule has 0 unspecified atom stereocenters. The highest BCUT2D eigenvalue weighted by atomic mass is 16.6. The first-order chi connectivity index (χ1) is 8.17. The number of hydrogen-bond donors (Lipinski definition) is 0. The molecule has 86 valence electrons. The second kappa shape index (κ2) is 2.82. The fraction of sp³-hybridized carbons (Fsp3) is 0.333. The molecule has 0 amide bonds. The maximum Gasteiger partial charge on any atom is 0.133 e. The molecule has 0 spiro atoms. The van der Waals surface area contributed by atoms with Crippen LogP contribution in [0.4, 0.5) is 0 Å². The van der Waals surface area contributed by atoms with E-state index in [0.717, 1.165) is 5.75 Å². The largest absolute Gasteiger partial charge is 0.484 e. The minimum Gasteiger partial charge on any atom is -0.484 e. The lowest BCUT2D eigenvalue weighted by molar-refractivity contribution is 0.0743. The first-order valence-electron chi connectivity index (χ1n) is 6.03. The number of epoxide rings is 1. The van der Waals surface area contributed by atoms with Crippen LogP contribution in [0.5, 0.6) is 5.75 Å². The third kappa shape index (κ3) is 1.19. The molecule has 2 nitrogen and oxygen atoms in total. The molecular formula is C15H14O2. The van der Waals surface area contributed by atoms with Gasteiger partial charge in [0.1, 0.15) is 23.6 Å². The van der Waals surface area contributed by atoms with Crippen molar-refractivity contribution in [2.24, 2.45) is 0 Å². The summed E-state index contributed by atoms with van der Waals surface area (Å²) in [5.41, 5.74) is 0.981. The van der Waals surface area contributed by atoms with E-state index in [1.54, 1.807) is 0 Å². The molecule has 2 aliphatic heterocycles. The quantitative estimate of drug-likeness (QED) is 0.642. The normalized spacial score (nSPS) is 28.1. The van der Waals surface area contributed by atoms with Crippen molar-refractivity contribution < 1.29 is 9.47 Å². The van der Waals surface area contributed by atoms with E-state index >= 15 is 0 Å². The van der Waals surface area contributed by atoms with Crippen LogP contribution in [-0.2, 0) is 4.74 Å². The lowest BCUT2D eigenvalue weighted by atomic mass is 9.92. The molecule has 4 rings (SSSR count). The van der Waals surface area contributed by atoms with Crippen LogP contribution in [-0.4, -0.2) is 11.7 Å². The maximum absolute atomic E-state index is 6.16. The van der Waals surface area contributed by atoms with Crippen molar-refractivity contribution in [1.29, 1.82) is 0 Å². The summed E-state index contributed by atoms with van der Waals surface area (Å²) in [6.45, 7) is 4.20. The Hall–Kier alpha value is -1.54. The second-order valence-corrected chi connectivity index (χ2v) is 5.39. The van der Waals surface area contributed by atoms with E-state index in [4.69, 9.17) is 9.47 Å². The van der Waals surface area contributed by atoms with E-state index in [2.05, 4.69) is 50.2 Å². The van der Waals surface area contributed by atoms with Crippen molar-refractivity contribution in [2.45, 2.75) is 31.7 Å². The average molecular weight is 226 g/mol. The summed E-state index contributed by atoms with van der Waals surface area (Å²) in [6.07, 6.45) is 0.453. The van der Waals surface area contributed by atoms with E-state index in [0.29, 0.717) is 0 Å². The second-order valence-electron chi connectivity index (χ2n) is 5.39. The van der Waals surface area contributed by atoms with Crippen LogP contribution in [0, 0.1) is 0 Å². The number of fused-ring (bicyclic) bond motifs is 5. The van der Waals surface area contributed by atoms with Crippen molar-refractivity contribution in [3.63, 3.8) is 0 Å². The van der Waals surface area contributed by atoms with E-state index in [1.165, 1.54) is 16.3 Å². The van der Waals surface area contributed by atoms with Crippen LogP contribution < -0.4 is 4.74 Å². The van der Waals surface area contributed by atoms with Crippen LogP contribution in [0.2, 0.25) is 0 Å². The molecule has 1 fully saturated rings. The van der Waals surface area contributed by atoms with Gasteiger partial charge in [-0.3, -0.25) is 0 Å². The Bertz CT molecular complexity index is 615. The maximum atomic E-state index is 6.16. The summed E-state index contributed by atoms with van der Waals surface area (Å²) in [6, 6.07) is 12.6. The zero-order chi connectivity index (χ0) is 11.6. The first kappa shape index (κ1) is 9.49. The van der Waals surface area contributed by atoms with Crippen LogP contribution in [0.3, 0.4) is 0 Å². The Morgan fingerprint density at radius 3 is 2.76 bits per heavy atom. The topological polar surface area (TPSA) is 21.8 Å². The highest BCUT2D eigenvalue weighted by Gasteiger charge is 2.56. The average Bonchev–Trinajstić information content (AvgIpc) is 3.10. The molecule has 2 aliphatic rings. The summed E-state index contributed by atoms with van der Waals surface area (Å²) in [5, 5.41) is 2.41. The highest BCUT2D eigenvalue weighted by molar-refractivity contribution is 5.90. The van der Waals surface area contributed by atoms with Gasteiger partial charge in [0.15, 0.2) is 0 Å². The molecule has 0 aromatic heterocycles. The van der Waals surface area contributed by atoms with Crippen molar-refractivity contribution in [2.75, 3.05) is 0 Å². The summed E-state index contributed by atoms with van der Waals surface area (Å²) in [5.74, 6) is 1.01. The Morgan fingerprint density at radius 2 is 1.88 bits per heavy atom. The van der Waals surface area contributed by atoms with Crippen LogP contribution in [0.1, 0.15) is 25.5 Å². The van der Waals surface area contributed by atoms with Gasteiger partial charge in [0.05, 0.1) is 0 Å². The van der Waals surface area contributed by atoms with Gasteiger partial charge in [-0.1, -0.05) is 36.4 Å². The van der Waals surface area contributed by atoms with Crippen LogP contribution >= 0.6 is 0 Å². The highest BCUT2D eigenvalue weighted by Crippen LogP contribution is 2.55. The zero-order valence-corrected chi connectivity index (χ0v) is 9.94. The van der Waals surface area contributed by atoms with E-state index in [-0.39, 0.29) is 17.8 Å². The molecule has 0 aliphatic carbocycles. The van der Waals surface area contributed by atoms with E-state index < -0.39 is 0 Å². The van der Waals surface area contributed by atoms with Gasteiger partial charge in [0.2, 0.25) is 0 Å². The fourth-order valence-electron chi connectivity index (χ4n) is 2.80. The minimum absolute atomic E-state index is 0.219. The predicted molar refractivity (Wildman–Crippen MR) is 66.3 cm³/mol. The first-order valence-corrected chi connectivity index (χ1v) is 6.03. The molecule has 2 atom stereocenters. The molecule has 2 aromatic rings. The summed E-state index contributed by atoms with van der Waals surface area (Å²) >= 11 is 0. The van der Waals surface area contributed by atoms with Gasteiger partial charge in [-0.25, -0.2) is 0 Å². The van der Waals surface area contributed by atoms with E-state index in [1.807, 2.05) is 0 Å². The SMILES string of the molecule is CC1(C)Oc2c(ccc3ccccc23)[C@H]2O[C@H]21. The Morgan fingerprint density at radius 1 is 1.06 bits per heavy atom. The molecule has 0 radical (unpaired) electrons. The van der Waals surface area contributed by atoms with Crippen LogP contribution in [0.15, 0.2) is 36.4 Å². The summed E-state index contributed by atoms with van der Waals surface area (Å²) in [4.78, 5) is 0. The predicted octanol–water partition coefficient (Wildman–Crippen LogP) is 3.45. The van der Waals surface area contributed by atoms with Crippen LogP contribution in [0.25, 0.3) is 10.8 Å². The van der Waals surface area contributed by atoms with Gasteiger partial charge in [0.25, 0.3) is 0 Å². The molecule has 2 aromatic carbocycles. The monoisotopic (exact) mass is 226 g/mol. The standard InChI is InChI=1S/C15H14O2/c1-15(2)14-13(16-14)11-8-7-9-5-3-4-6-10(9)12(11)17-15/h3-8,13-14H,1-2H3/t13-,14-/m1/s1. The summed E-state index contributed by atoms with van der Waals surface area (Å²) < 4.78 is 11.9. The Kier molecular flexibility index (Phi) is 1.58. The lowest BCUT2D eigenvalue weighted by Crippen LogP contribution is -2.37. The smallest absolute Gasteiger partial charge is 0.133 e. The molecule has 2 heterocycles. The Balaban J connectivity index is 2.02. The fourth-order valence-corrected chi connectivity index (χ4v) is 2.80. The number of benzene rings is 2. The minimum atomic E-state index is -0.220. The molecule has 2 heteroatoms. The van der Waals surface area contributed by atoms with Crippen molar-refractivity contribution in [3.8, 4) is 5.75 Å². The summed E-state index contributed by atoms with van der Waals surface area (Å²) in [7, 11) is 0. The molecule has 1 saturated heterocycles. The number of ether oxygens (including phenoxy) is 2. The van der Waals surface area contributed by atoms with Crippen molar-refractivity contribution in [1.82, 2.24) is 0 Å². The zero-order valence-electron chi connectivity index (χ0n) is 9.94. The lowest BCUT2D eigenvalue weighted by Gasteiger charge is -2.30. The van der Waals surface area contributed by atoms with Crippen molar-refractivity contribution in [3.05, 3.63) is 42.0 Å². The Labute approximate surface area is 100 Å².